The lowest BCUT2D eigenvalue weighted by atomic mass is 10.2. The Hall–Kier alpha value is -0.580. The van der Waals surface area contributed by atoms with Gasteiger partial charge in [-0.2, -0.15) is 0 Å². The molecule has 1 aromatic heterocycles. The van der Waals surface area contributed by atoms with Gasteiger partial charge in [-0.15, -0.1) is 0 Å². The maximum atomic E-state index is 12.9. The van der Waals surface area contributed by atoms with Crippen molar-refractivity contribution in [2.75, 3.05) is 0 Å². The van der Waals surface area contributed by atoms with Crippen LogP contribution < -0.4 is 0 Å². The van der Waals surface area contributed by atoms with Crippen molar-refractivity contribution in [1.29, 1.82) is 0 Å². The van der Waals surface area contributed by atoms with Crippen molar-refractivity contribution in [3.63, 3.8) is 0 Å². The quantitative estimate of drug-likeness (QED) is 0.734. The van der Waals surface area contributed by atoms with E-state index in [9.17, 15) is 13.2 Å². The van der Waals surface area contributed by atoms with Crippen molar-refractivity contribution >= 4 is 15.9 Å². The molecule has 66 valence electrons. The summed E-state index contributed by atoms with van der Waals surface area (Å²) in [6.07, 6.45) is -1.67. The molecule has 1 nitrogen and oxygen atoms in total. The van der Waals surface area contributed by atoms with Gasteiger partial charge in [0.1, 0.15) is 5.69 Å². The molecule has 0 aliphatic rings. The van der Waals surface area contributed by atoms with E-state index < -0.39 is 17.9 Å². The van der Waals surface area contributed by atoms with Crippen molar-refractivity contribution in [1.82, 2.24) is 4.98 Å². The van der Waals surface area contributed by atoms with Crippen molar-refractivity contribution in [3.05, 3.63) is 27.7 Å². The first-order valence-electron chi connectivity index (χ1n) is 3.12. The molecule has 0 radical (unpaired) electrons. The molecule has 0 saturated carbocycles. The molecule has 12 heavy (non-hydrogen) atoms. The summed E-state index contributed by atoms with van der Waals surface area (Å²) in [5, 5.41) is 0. The predicted molar refractivity (Wildman–Crippen MR) is 41.6 cm³/mol. The zero-order chi connectivity index (χ0) is 9.30. The molecule has 0 N–H and O–H groups in total. The van der Waals surface area contributed by atoms with Gasteiger partial charge in [0, 0.05) is 6.20 Å². The van der Waals surface area contributed by atoms with Crippen LogP contribution in [0.5, 0.6) is 0 Å². The third-order valence-electron chi connectivity index (χ3n) is 1.37. The maximum absolute atomic E-state index is 12.9. The van der Waals surface area contributed by atoms with Crippen LogP contribution in [0.15, 0.2) is 10.7 Å². The highest BCUT2D eigenvalue weighted by molar-refractivity contribution is 9.10. The fourth-order valence-electron chi connectivity index (χ4n) is 0.717. The average Bonchev–Trinajstić information content (AvgIpc) is 2.00. The molecule has 0 amide bonds. The van der Waals surface area contributed by atoms with Crippen molar-refractivity contribution in [2.24, 2.45) is 0 Å². The zero-order valence-electron chi connectivity index (χ0n) is 6.11. The molecule has 0 atom stereocenters. The summed E-state index contributed by atoms with van der Waals surface area (Å²) >= 11 is 2.85. The van der Waals surface area contributed by atoms with Crippen LogP contribution in [0.25, 0.3) is 0 Å². The lowest BCUT2D eigenvalue weighted by Crippen LogP contribution is -1.97. The van der Waals surface area contributed by atoms with Crippen LogP contribution in [0.4, 0.5) is 13.2 Å². The van der Waals surface area contributed by atoms with Crippen LogP contribution in [0.3, 0.4) is 0 Å². The minimum atomic E-state index is -2.87. The van der Waals surface area contributed by atoms with Gasteiger partial charge in [-0.1, -0.05) is 0 Å². The molecule has 0 unspecified atom stereocenters. The van der Waals surface area contributed by atoms with Gasteiger partial charge >= 0.3 is 0 Å². The third kappa shape index (κ3) is 1.60. The highest BCUT2D eigenvalue weighted by Gasteiger charge is 2.18. The molecule has 0 fully saturated rings. The fraction of sp³-hybridized carbons (Fsp3) is 0.286. The molecule has 0 spiro atoms. The van der Waals surface area contributed by atoms with Gasteiger partial charge in [0.25, 0.3) is 6.43 Å². The van der Waals surface area contributed by atoms with Crippen molar-refractivity contribution in [3.8, 4) is 0 Å². The molecule has 0 bridgehead atoms. The van der Waals surface area contributed by atoms with Crippen molar-refractivity contribution in [2.45, 2.75) is 13.3 Å². The normalized spacial score (nSPS) is 10.8. The van der Waals surface area contributed by atoms with Crippen LogP contribution >= 0.6 is 15.9 Å². The fourth-order valence-corrected chi connectivity index (χ4v) is 1.02. The van der Waals surface area contributed by atoms with E-state index in [1.165, 1.54) is 6.20 Å². The topological polar surface area (TPSA) is 12.9 Å². The first-order chi connectivity index (χ1) is 5.54. The standard InChI is InChI=1S/C7H5BrF3N/c1-3-2-12-6(7(10)11)5(9)4(3)8/h2,7H,1H3. The first kappa shape index (κ1) is 9.51. The number of hydrogen-bond donors (Lipinski definition) is 0. The second kappa shape index (κ2) is 3.43. The largest absolute Gasteiger partial charge is 0.283 e. The Balaban J connectivity index is 3.27. The van der Waals surface area contributed by atoms with Crippen molar-refractivity contribution < 1.29 is 13.2 Å². The minimum absolute atomic E-state index is 0.0489. The van der Waals surface area contributed by atoms with Crippen LogP contribution in [0.1, 0.15) is 17.7 Å². The summed E-state index contributed by atoms with van der Waals surface area (Å²) in [4.78, 5) is 3.28. The summed E-state index contributed by atoms with van der Waals surface area (Å²) in [7, 11) is 0. The van der Waals surface area contributed by atoms with E-state index in [1.54, 1.807) is 6.92 Å². The van der Waals surface area contributed by atoms with Gasteiger partial charge in [-0.05, 0) is 28.4 Å². The zero-order valence-corrected chi connectivity index (χ0v) is 7.70. The summed E-state index contributed by atoms with van der Waals surface area (Å²) in [5.41, 5.74) is -0.315. The second-order valence-electron chi connectivity index (χ2n) is 2.26. The molecule has 5 heteroatoms. The van der Waals surface area contributed by atoms with Crippen LogP contribution in [-0.4, -0.2) is 4.98 Å². The Morgan fingerprint density at radius 1 is 1.50 bits per heavy atom. The number of pyridine rings is 1. The van der Waals surface area contributed by atoms with Gasteiger partial charge in [-0.3, -0.25) is 4.98 Å². The van der Waals surface area contributed by atoms with Crippen LogP contribution in [-0.2, 0) is 0 Å². The molecular formula is C7H5BrF3N. The van der Waals surface area contributed by atoms with E-state index in [0.29, 0.717) is 5.56 Å². The Kier molecular flexibility index (Phi) is 2.72. The number of halogens is 4. The Bertz CT molecular complexity index is 301. The van der Waals surface area contributed by atoms with Gasteiger partial charge in [0.15, 0.2) is 5.82 Å². The summed E-state index contributed by atoms with van der Waals surface area (Å²) in [6, 6.07) is 0. The Labute approximate surface area is 75.7 Å². The molecule has 1 aromatic rings. The van der Waals surface area contributed by atoms with E-state index >= 15 is 0 Å². The summed E-state index contributed by atoms with van der Waals surface area (Å²) in [6.45, 7) is 1.58. The van der Waals surface area contributed by atoms with Gasteiger partial charge in [0.2, 0.25) is 0 Å². The molecule has 0 aliphatic carbocycles. The number of aryl methyl sites for hydroxylation is 1. The number of hydrogen-bond acceptors (Lipinski definition) is 1. The SMILES string of the molecule is Cc1cnc(C(F)F)c(F)c1Br. The minimum Gasteiger partial charge on any atom is -0.252 e. The molecule has 0 saturated heterocycles. The van der Waals surface area contributed by atoms with E-state index in [2.05, 4.69) is 20.9 Å². The molecular weight excluding hydrogens is 235 g/mol. The van der Waals surface area contributed by atoms with E-state index in [4.69, 9.17) is 0 Å². The van der Waals surface area contributed by atoms with E-state index in [1.807, 2.05) is 0 Å². The molecule has 1 rings (SSSR count). The maximum Gasteiger partial charge on any atom is 0.283 e. The third-order valence-corrected chi connectivity index (χ3v) is 2.34. The Morgan fingerprint density at radius 3 is 2.58 bits per heavy atom. The first-order valence-corrected chi connectivity index (χ1v) is 3.92. The van der Waals surface area contributed by atoms with Gasteiger partial charge in [0.05, 0.1) is 4.47 Å². The summed E-state index contributed by atoms with van der Waals surface area (Å²) in [5.74, 6) is -0.981. The predicted octanol–water partition coefficient (Wildman–Crippen LogP) is 3.23. The highest BCUT2D eigenvalue weighted by atomic mass is 79.9. The number of aromatic nitrogens is 1. The number of alkyl halides is 2. The molecule has 0 aromatic carbocycles. The molecule has 0 aliphatic heterocycles. The summed E-state index contributed by atoms with van der Waals surface area (Å²) < 4.78 is 37.0. The van der Waals surface area contributed by atoms with E-state index in [-0.39, 0.29) is 4.47 Å². The lowest BCUT2D eigenvalue weighted by Gasteiger charge is -2.03. The second-order valence-corrected chi connectivity index (χ2v) is 3.05. The van der Waals surface area contributed by atoms with Crippen LogP contribution in [0, 0.1) is 12.7 Å². The van der Waals surface area contributed by atoms with Gasteiger partial charge < -0.3 is 0 Å². The number of rotatable bonds is 1. The average molecular weight is 240 g/mol. The smallest absolute Gasteiger partial charge is 0.252 e. The number of nitrogens with zero attached hydrogens (tertiary/aromatic N) is 1. The monoisotopic (exact) mass is 239 g/mol. The van der Waals surface area contributed by atoms with Crippen LogP contribution in [0.2, 0.25) is 0 Å². The van der Waals surface area contributed by atoms with Gasteiger partial charge in [-0.25, -0.2) is 13.2 Å². The molecule has 1 heterocycles. The lowest BCUT2D eigenvalue weighted by molar-refractivity contribution is 0.140. The highest BCUT2D eigenvalue weighted by Crippen LogP contribution is 2.26. The van der Waals surface area contributed by atoms with E-state index in [0.717, 1.165) is 0 Å². The Morgan fingerprint density at radius 2 is 2.08 bits per heavy atom.